The van der Waals surface area contributed by atoms with Crippen LogP contribution >= 0.6 is 0 Å². The number of benzene rings is 2. The lowest BCUT2D eigenvalue weighted by Gasteiger charge is -2.11. The van der Waals surface area contributed by atoms with E-state index in [2.05, 4.69) is 0 Å². The van der Waals surface area contributed by atoms with Crippen LogP contribution < -0.4 is 5.63 Å². The molecule has 4 heteroatoms. The number of aromatic carboxylic acids is 1. The van der Waals surface area contributed by atoms with Crippen molar-refractivity contribution < 1.29 is 14.3 Å². The van der Waals surface area contributed by atoms with Gasteiger partial charge in [0.1, 0.15) is 5.76 Å². The van der Waals surface area contributed by atoms with Crippen molar-refractivity contribution >= 4 is 16.7 Å². The Kier molecular flexibility index (Phi) is 4.21. The normalized spacial score (nSPS) is 11.0. The second kappa shape index (κ2) is 6.20. The molecule has 3 aromatic rings. The summed E-state index contributed by atoms with van der Waals surface area (Å²) in [7, 11) is 0. The van der Waals surface area contributed by atoms with Crippen LogP contribution in [0.15, 0.2) is 39.5 Å². The van der Waals surface area contributed by atoms with Crippen molar-refractivity contribution in [3.8, 4) is 0 Å². The molecular formula is C21H20O4. The van der Waals surface area contributed by atoms with Gasteiger partial charge in [-0.3, -0.25) is 0 Å². The molecule has 4 nitrogen and oxygen atoms in total. The molecule has 3 rings (SSSR count). The molecule has 0 saturated carbocycles. The topological polar surface area (TPSA) is 67.5 Å². The van der Waals surface area contributed by atoms with Gasteiger partial charge in [0, 0.05) is 6.42 Å². The van der Waals surface area contributed by atoms with Crippen LogP contribution in [-0.4, -0.2) is 11.1 Å². The maximum Gasteiger partial charge on any atom is 0.344 e. The lowest BCUT2D eigenvalue weighted by atomic mass is 9.95. The lowest BCUT2D eigenvalue weighted by Crippen LogP contribution is -2.09. The van der Waals surface area contributed by atoms with E-state index in [1.54, 1.807) is 6.92 Å². The van der Waals surface area contributed by atoms with Crippen LogP contribution in [0.2, 0.25) is 0 Å². The van der Waals surface area contributed by atoms with E-state index >= 15 is 0 Å². The zero-order valence-electron chi connectivity index (χ0n) is 14.8. The Labute approximate surface area is 145 Å². The number of carboxylic acid groups (broad SMARTS) is 1. The summed E-state index contributed by atoms with van der Waals surface area (Å²) in [6.07, 6.45) is 0.266. The quantitative estimate of drug-likeness (QED) is 0.773. The maximum absolute atomic E-state index is 12.4. The van der Waals surface area contributed by atoms with E-state index < -0.39 is 5.97 Å². The fourth-order valence-corrected chi connectivity index (χ4v) is 3.54. The second-order valence-corrected chi connectivity index (χ2v) is 6.64. The van der Waals surface area contributed by atoms with E-state index in [1.807, 2.05) is 51.1 Å². The minimum Gasteiger partial charge on any atom is -0.478 e. The van der Waals surface area contributed by atoms with Crippen LogP contribution in [0.3, 0.4) is 0 Å². The molecule has 25 heavy (non-hydrogen) atoms. The Hall–Kier alpha value is -2.88. The molecule has 0 aliphatic heterocycles. The summed E-state index contributed by atoms with van der Waals surface area (Å²) < 4.78 is 5.48. The molecule has 0 saturated heterocycles. The zero-order valence-corrected chi connectivity index (χ0v) is 14.8. The van der Waals surface area contributed by atoms with Crippen molar-refractivity contribution in [3.63, 3.8) is 0 Å². The molecule has 0 amide bonds. The molecule has 0 aliphatic rings. The van der Waals surface area contributed by atoms with E-state index in [1.165, 1.54) is 0 Å². The first-order valence-corrected chi connectivity index (χ1v) is 8.13. The highest BCUT2D eigenvalue weighted by Crippen LogP contribution is 2.23. The van der Waals surface area contributed by atoms with Crippen molar-refractivity contribution in [3.05, 3.63) is 79.9 Å². The molecule has 0 radical (unpaired) electrons. The maximum atomic E-state index is 12.4. The van der Waals surface area contributed by atoms with E-state index in [0.29, 0.717) is 22.3 Å². The van der Waals surface area contributed by atoms with Crippen LogP contribution in [0.5, 0.6) is 0 Å². The summed E-state index contributed by atoms with van der Waals surface area (Å²) in [5.41, 5.74) is 4.17. The van der Waals surface area contributed by atoms with Gasteiger partial charge in [0.15, 0.2) is 0 Å². The van der Waals surface area contributed by atoms with Crippen LogP contribution in [0.25, 0.3) is 10.8 Å². The van der Waals surface area contributed by atoms with Crippen LogP contribution in [0, 0.1) is 27.7 Å². The van der Waals surface area contributed by atoms with Gasteiger partial charge in [-0.1, -0.05) is 35.4 Å². The number of hydrogen-bond donors (Lipinski definition) is 1. The third-order valence-electron chi connectivity index (χ3n) is 4.39. The predicted octanol–water partition coefficient (Wildman–Crippen LogP) is 4.32. The number of fused-ring (bicyclic) bond motifs is 1. The molecule has 128 valence electrons. The van der Waals surface area contributed by atoms with Crippen molar-refractivity contribution in [1.82, 2.24) is 0 Å². The van der Waals surface area contributed by atoms with Gasteiger partial charge in [-0.25, -0.2) is 9.59 Å². The van der Waals surface area contributed by atoms with E-state index in [4.69, 9.17) is 4.42 Å². The van der Waals surface area contributed by atoms with Crippen molar-refractivity contribution in [2.45, 2.75) is 34.1 Å². The van der Waals surface area contributed by atoms with Crippen LogP contribution in [0.4, 0.5) is 0 Å². The van der Waals surface area contributed by atoms with E-state index in [-0.39, 0.29) is 17.6 Å². The predicted molar refractivity (Wildman–Crippen MR) is 97.6 cm³/mol. The largest absolute Gasteiger partial charge is 0.478 e. The molecule has 0 fully saturated rings. The average molecular weight is 336 g/mol. The third kappa shape index (κ3) is 3.20. The summed E-state index contributed by atoms with van der Waals surface area (Å²) in [5, 5.41) is 10.9. The summed E-state index contributed by atoms with van der Waals surface area (Å²) in [5.74, 6) is -0.502. The number of carbonyl (C=O) groups is 1. The Balaban J connectivity index is 2.17. The second-order valence-electron chi connectivity index (χ2n) is 6.64. The van der Waals surface area contributed by atoms with Gasteiger partial charge in [0.25, 0.3) is 0 Å². The smallest absolute Gasteiger partial charge is 0.344 e. The monoisotopic (exact) mass is 336 g/mol. The molecule has 0 aliphatic carbocycles. The highest BCUT2D eigenvalue weighted by Gasteiger charge is 2.16. The lowest BCUT2D eigenvalue weighted by molar-refractivity contribution is 0.0695. The average Bonchev–Trinajstić information content (AvgIpc) is 2.44. The molecule has 0 atom stereocenters. The fourth-order valence-electron chi connectivity index (χ4n) is 3.54. The first-order valence-electron chi connectivity index (χ1n) is 8.13. The molecule has 0 unspecified atom stereocenters. The summed E-state index contributed by atoms with van der Waals surface area (Å²) in [4.78, 5) is 24.0. The van der Waals surface area contributed by atoms with Crippen molar-refractivity contribution in [2.24, 2.45) is 0 Å². The first-order chi connectivity index (χ1) is 11.8. The van der Waals surface area contributed by atoms with E-state index in [0.717, 1.165) is 22.1 Å². The van der Waals surface area contributed by atoms with Crippen LogP contribution in [0.1, 0.15) is 43.9 Å². The molecule has 1 N–H and O–H groups in total. The minimum absolute atomic E-state index is 0.266. The van der Waals surface area contributed by atoms with Crippen molar-refractivity contribution in [2.75, 3.05) is 0 Å². The number of carboxylic acids is 1. The number of aryl methyl sites for hydroxylation is 4. The number of rotatable bonds is 3. The summed E-state index contributed by atoms with van der Waals surface area (Å²) in [6, 6.07) is 9.41. The Morgan fingerprint density at radius 3 is 2.28 bits per heavy atom. The first kappa shape index (κ1) is 17.0. The van der Waals surface area contributed by atoms with Gasteiger partial charge in [0.2, 0.25) is 0 Å². The van der Waals surface area contributed by atoms with Gasteiger partial charge in [-0.05, 0) is 55.8 Å². The van der Waals surface area contributed by atoms with E-state index in [9.17, 15) is 14.7 Å². The highest BCUT2D eigenvalue weighted by atomic mass is 16.4. The molecule has 1 aromatic heterocycles. The molecular weight excluding hydrogens is 316 g/mol. The molecule has 0 bridgehead atoms. The van der Waals surface area contributed by atoms with Gasteiger partial charge in [-0.15, -0.1) is 0 Å². The number of hydrogen-bond acceptors (Lipinski definition) is 3. The molecule has 1 heterocycles. The Morgan fingerprint density at radius 1 is 0.960 bits per heavy atom. The Bertz CT molecular complexity index is 1060. The summed E-state index contributed by atoms with van der Waals surface area (Å²) >= 11 is 0. The molecule has 0 spiro atoms. The van der Waals surface area contributed by atoms with Gasteiger partial charge in [0.05, 0.1) is 10.9 Å². The zero-order chi connectivity index (χ0) is 18.3. The molecule has 2 aromatic carbocycles. The van der Waals surface area contributed by atoms with Crippen molar-refractivity contribution in [1.29, 1.82) is 0 Å². The van der Waals surface area contributed by atoms with Gasteiger partial charge < -0.3 is 9.52 Å². The fraction of sp³-hybridized carbons (Fsp3) is 0.238. The standard InChI is InChI=1S/C21H20O4/c1-11-5-13(3)18(20(22)23)15(7-11)9-17-10-16-8-12(2)6-14(4)19(16)21(24)25-17/h5-8,10H,9H2,1-4H3,(H,22,23). The minimum atomic E-state index is -0.970. The van der Waals surface area contributed by atoms with Gasteiger partial charge in [-0.2, -0.15) is 0 Å². The highest BCUT2D eigenvalue weighted by molar-refractivity contribution is 5.91. The SMILES string of the molecule is Cc1cc(C)c(C(=O)O)c(Cc2cc3cc(C)cc(C)c3c(=O)o2)c1. The van der Waals surface area contributed by atoms with Crippen LogP contribution in [-0.2, 0) is 6.42 Å². The summed E-state index contributed by atoms with van der Waals surface area (Å²) in [6.45, 7) is 7.57. The van der Waals surface area contributed by atoms with Gasteiger partial charge >= 0.3 is 11.6 Å². The third-order valence-corrected chi connectivity index (χ3v) is 4.39. The Morgan fingerprint density at radius 2 is 1.60 bits per heavy atom.